The van der Waals surface area contributed by atoms with E-state index >= 15 is 0 Å². The maximum Gasteiger partial charge on any atom is 0.0474 e. The van der Waals surface area contributed by atoms with Gasteiger partial charge < -0.3 is 16.2 Å². The quantitative estimate of drug-likeness (QED) is 0.719. The van der Waals surface area contributed by atoms with Crippen molar-refractivity contribution >= 4 is 0 Å². The van der Waals surface area contributed by atoms with Crippen LogP contribution in [0.4, 0.5) is 0 Å². The van der Waals surface area contributed by atoms with E-state index in [4.69, 9.17) is 5.73 Å². The molecular formula is C15H30N2O. The van der Waals surface area contributed by atoms with Gasteiger partial charge in [-0.2, -0.15) is 0 Å². The Morgan fingerprint density at radius 2 is 2.00 bits per heavy atom. The molecule has 0 radical (unpaired) electrons. The molecule has 4 atom stereocenters. The van der Waals surface area contributed by atoms with E-state index in [0.717, 1.165) is 12.5 Å². The lowest BCUT2D eigenvalue weighted by Gasteiger charge is -2.45. The van der Waals surface area contributed by atoms with Crippen molar-refractivity contribution in [3.63, 3.8) is 0 Å². The van der Waals surface area contributed by atoms with Crippen LogP contribution in [0.25, 0.3) is 0 Å². The van der Waals surface area contributed by atoms with Crippen LogP contribution in [0.1, 0.15) is 58.3 Å². The van der Waals surface area contributed by atoms with Crippen LogP contribution in [0.5, 0.6) is 0 Å². The molecule has 106 valence electrons. The molecule has 0 spiro atoms. The van der Waals surface area contributed by atoms with Crippen molar-refractivity contribution in [2.45, 2.75) is 69.9 Å². The molecule has 4 unspecified atom stereocenters. The normalized spacial score (nSPS) is 41.8. The zero-order chi connectivity index (χ0) is 13.0. The summed E-state index contributed by atoms with van der Waals surface area (Å²) in [6.07, 6.45) is 10.0. The summed E-state index contributed by atoms with van der Waals surface area (Å²) in [7, 11) is 0. The first kappa shape index (κ1) is 14.3. The Morgan fingerprint density at radius 1 is 1.22 bits per heavy atom. The fourth-order valence-corrected chi connectivity index (χ4v) is 4.04. The van der Waals surface area contributed by atoms with Crippen LogP contribution in [0.15, 0.2) is 0 Å². The maximum atomic E-state index is 9.53. The molecule has 2 aliphatic rings. The van der Waals surface area contributed by atoms with Gasteiger partial charge in [0.1, 0.15) is 0 Å². The van der Waals surface area contributed by atoms with Crippen molar-refractivity contribution in [3.05, 3.63) is 0 Å². The lowest BCUT2D eigenvalue weighted by atomic mass is 9.74. The van der Waals surface area contributed by atoms with Gasteiger partial charge in [-0.15, -0.1) is 0 Å². The standard InChI is InChI=1S/C15H30N2O/c1-12-5-4-8-15(9-12,11-16)17-14-7-3-2-6-13(14)10-18/h12-14,17-18H,2-11,16H2,1H3. The summed E-state index contributed by atoms with van der Waals surface area (Å²) in [5.74, 6) is 1.23. The molecule has 0 heterocycles. The molecule has 4 N–H and O–H groups in total. The van der Waals surface area contributed by atoms with E-state index in [1.165, 1.54) is 51.4 Å². The number of nitrogens with two attached hydrogens (primary N) is 1. The number of hydrogen-bond acceptors (Lipinski definition) is 3. The third kappa shape index (κ3) is 3.25. The van der Waals surface area contributed by atoms with Gasteiger partial charge in [-0.1, -0.05) is 32.6 Å². The van der Waals surface area contributed by atoms with Crippen molar-refractivity contribution in [1.29, 1.82) is 0 Å². The number of aliphatic hydroxyl groups excluding tert-OH is 1. The first-order valence-corrected chi connectivity index (χ1v) is 7.78. The second-order valence-corrected chi connectivity index (χ2v) is 6.66. The molecule has 2 fully saturated rings. The van der Waals surface area contributed by atoms with E-state index < -0.39 is 0 Å². The number of aliphatic hydroxyl groups is 1. The van der Waals surface area contributed by atoms with Crippen molar-refractivity contribution in [2.24, 2.45) is 17.6 Å². The molecular weight excluding hydrogens is 224 g/mol. The summed E-state index contributed by atoms with van der Waals surface area (Å²) in [5, 5.41) is 13.4. The minimum absolute atomic E-state index is 0.146. The topological polar surface area (TPSA) is 58.3 Å². The summed E-state index contributed by atoms with van der Waals surface area (Å²) in [4.78, 5) is 0. The molecule has 0 saturated heterocycles. The average molecular weight is 254 g/mol. The van der Waals surface area contributed by atoms with Crippen molar-refractivity contribution in [3.8, 4) is 0 Å². The smallest absolute Gasteiger partial charge is 0.0474 e. The van der Waals surface area contributed by atoms with Crippen LogP contribution < -0.4 is 11.1 Å². The Labute approximate surface area is 112 Å². The summed E-state index contributed by atoms with van der Waals surface area (Å²) in [6.45, 7) is 3.41. The van der Waals surface area contributed by atoms with E-state index in [1.54, 1.807) is 0 Å². The first-order chi connectivity index (χ1) is 8.69. The highest BCUT2D eigenvalue weighted by Gasteiger charge is 2.37. The van der Waals surface area contributed by atoms with Gasteiger partial charge in [0.15, 0.2) is 0 Å². The van der Waals surface area contributed by atoms with E-state index in [0.29, 0.717) is 18.6 Å². The zero-order valence-electron chi connectivity index (χ0n) is 11.8. The fraction of sp³-hybridized carbons (Fsp3) is 1.00. The van der Waals surface area contributed by atoms with Crippen LogP contribution in [0.3, 0.4) is 0 Å². The molecule has 0 bridgehead atoms. The molecule has 3 nitrogen and oxygen atoms in total. The van der Waals surface area contributed by atoms with Crippen molar-refractivity contribution in [1.82, 2.24) is 5.32 Å². The number of rotatable bonds is 4. The Balaban J connectivity index is 1.99. The molecule has 2 rings (SSSR count). The minimum atomic E-state index is 0.146. The molecule has 2 aliphatic carbocycles. The van der Waals surface area contributed by atoms with Crippen molar-refractivity contribution < 1.29 is 5.11 Å². The van der Waals surface area contributed by atoms with Gasteiger partial charge in [0, 0.05) is 24.7 Å². The summed E-state index contributed by atoms with van der Waals surface area (Å²) in [6, 6.07) is 0.484. The molecule has 0 aromatic carbocycles. The molecule has 2 saturated carbocycles. The van der Waals surface area contributed by atoms with Gasteiger partial charge in [0.25, 0.3) is 0 Å². The summed E-state index contributed by atoms with van der Waals surface area (Å²) >= 11 is 0. The van der Waals surface area contributed by atoms with E-state index in [2.05, 4.69) is 12.2 Å². The van der Waals surface area contributed by atoms with Gasteiger partial charge in [-0.05, 0) is 37.5 Å². The van der Waals surface area contributed by atoms with Gasteiger partial charge in [-0.3, -0.25) is 0 Å². The highest BCUT2D eigenvalue weighted by Crippen LogP contribution is 2.34. The lowest BCUT2D eigenvalue weighted by Crippen LogP contribution is -2.59. The number of hydrogen-bond donors (Lipinski definition) is 3. The zero-order valence-corrected chi connectivity index (χ0v) is 11.8. The Kier molecular flexibility index (Phi) is 5.05. The van der Waals surface area contributed by atoms with E-state index in [-0.39, 0.29) is 5.54 Å². The Bertz CT molecular complexity index is 259. The van der Waals surface area contributed by atoms with E-state index in [1.807, 2.05) is 0 Å². The predicted molar refractivity (Wildman–Crippen MR) is 75.4 cm³/mol. The van der Waals surface area contributed by atoms with Gasteiger partial charge >= 0.3 is 0 Å². The second kappa shape index (κ2) is 6.36. The first-order valence-electron chi connectivity index (χ1n) is 7.78. The molecule has 0 amide bonds. The van der Waals surface area contributed by atoms with Gasteiger partial charge in [-0.25, -0.2) is 0 Å². The molecule has 3 heteroatoms. The molecule has 0 aromatic rings. The SMILES string of the molecule is CC1CCCC(CN)(NC2CCCCC2CO)C1. The van der Waals surface area contributed by atoms with E-state index in [9.17, 15) is 5.11 Å². The third-order valence-electron chi connectivity index (χ3n) is 5.12. The maximum absolute atomic E-state index is 9.53. The van der Waals surface area contributed by atoms with Crippen LogP contribution in [-0.2, 0) is 0 Å². The fourth-order valence-electron chi connectivity index (χ4n) is 4.04. The van der Waals surface area contributed by atoms with Crippen molar-refractivity contribution in [2.75, 3.05) is 13.2 Å². The average Bonchev–Trinajstić information content (AvgIpc) is 2.39. The Hall–Kier alpha value is -0.120. The second-order valence-electron chi connectivity index (χ2n) is 6.66. The monoisotopic (exact) mass is 254 g/mol. The largest absolute Gasteiger partial charge is 0.396 e. The minimum Gasteiger partial charge on any atom is -0.396 e. The van der Waals surface area contributed by atoms with Crippen LogP contribution >= 0.6 is 0 Å². The number of nitrogens with one attached hydrogen (secondary N) is 1. The third-order valence-corrected chi connectivity index (χ3v) is 5.12. The Morgan fingerprint density at radius 3 is 2.67 bits per heavy atom. The highest BCUT2D eigenvalue weighted by molar-refractivity contribution is 4.97. The van der Waals surface area contributed by atoms with Gasteiger partial charge in [0.05, 0.1) is 0 Å². The highest BCUT2D eigenvalue weighted by atomic mass is 16.3. The molecule has 0 aromatic heterocycles. The van der Waals surface area contributed by atoms with Crippen LogP contribution in [-0.4, -0.2) is 29.8 Å². The predicted octanol–water partition coefficient (Wildman–Crippen LogP) is 2.03. The van der Waals surface area contributed by atoms with Crippen LogP contribution in [0, 0.1) is 11.8 Å². The van der Waals surface area contributed by atoms with Gasteiger partial charge in [0.2, 0.25) is 0 Å². The molecule has 18 heavy (non-hydrogen) atoms. The summed E-state index contributed by atoms with van der Waals surface area (Å²) < 4.78 is 0. The lowest BCUT2D eigenvalue weighted by molar-refractivity contribution is 0.102. The molecule has 0 aliphatic heterocycles. The summed E-state index contributed by atoms with van der Waals surface area (Å²) in [5.41, 5.74) is 6.23. The van der Waals surface area contributed by atoms with Crippen LogP contribution in [0.2, 0.25) is 0 Å².